The Labute approximate surface area is 104 Å². The molecule has 0 saturated carbocycles. The van der Waals surface area contributed by atoms with Crippen molar-refractivity contribution in [2.75, 3.05) is 33.2 Å². The summed E-state index contributed by atoms with van der Waals surface area (Å²) < 4.78 is 0. The Morgan fingerprint density at radius 2 is 2.06 bits per heavy atom. The van der Waals surface area contributed by atoms with Gasteiger partial charge in [-0.05, 0) is 38.8 Å². The summed E-state index contributed by atoms with van der Waals surface area (Å²) in [6.45, 7) is 6.61. The Bertz CT molecular complexity index is 255. The molecule has 2 aliphatic rings. The highest BCUT2D eigenvalue weighted by atomic mass is 16.2. The maximum Gasteiger partial charge on any atom is 0.239 e. The molecule has 4 nitrogen and oxygen atoms in total. The van der Waals surface area contributed by atoms with Gasteiger partial charge in [-0.1, -0.05) is 6.92 Å². The number of carbonyl (C=O) groups is 1. The van der Waals surface area contributed by atoms with Crippen LogP contribution in [0.5, 0.6) is 0 Å². The average Bonchev–Trinajstić information content (AvgIpc) is 2.91. The van der Waals surface area contributed by atoms with Crippen LogP contribution in [-0.2, 0) is 4.79 Å². The quantitative estimate of drug-likeness (QED) is 0.787. The first-order chi connectivity index (χ1) is 8.22. The molecule has 1 N–H and O–H groups in total. The molecular formula is C13H25N3O. The Balaban J connectivity index is 1.83. The molecule has 0 aromatic heterocycles. The van der Waals surface area contributed by atoms with Gasteiger partial charge in [-0.15, -0.1) is 0 Å². The highest BCUT2D eigenvalue weighted by Gasteiger charge is 2.30. The fourth-order valence-corrected chi connectivity index (χ4v) is 2.94. The average molecular weight is 239 g/mol. The molecule has 2 fully saturated rings. The molecule has 2 heterocycles. The van der Waals surface area contributed by atoms with Crippen molar-refractivity contribution >= 4 is 5.91 Å². The lowest BCUT2D eigenvalue weighted by Crippen LogP contribution is -2.50. The number of rotatable bonds is 3. The van der Waals surface area contributed by atoms with E-state index in [0.717, 1.165) is 51.9 Å². The first-order valence-corrected chi connectivity index (χ1v) is 6.94. The van der Waals surface area contributed by atoms with Gasteiger partial charge >= 0.3 is 0 Å². The standard InChI is InChI=1S/C13H25N3O/c1-3-16-9-6-11(7-10-16)15(2)13(17)12-5-4-8-14-12/h11-12,14H,3-10H2,1-2H3. The van der Waals surface area contributed by atoms with Gasteiger partial charge in [-0.2, -0.15) is 0 Å². The topological polar surface area (TPSA) is 35.6 Å². The molecule has 1 unspecified atom stereocenters. The zero-order chi connectivity index (χ0) is 12.3. The molecule has 0 aromatic carbocycles. The van der Waals surface area contributed by atoms with Crippen LogP contribution in [0, 0.1) is 0 Å². The minimum Gasteiger partial charge on any atom is -0.341 e. The lowest BCUT2D eigenvalue weighted by molar-refractivity contribution is -0.134. The second kappa shape index (κ2) is 5.83. The van der Waals surface area contributed by atoms with Crippen LogP contribution in [0.15, 0.2) is 0 Å². The molecule has 4 heteroatoms. The van der Waals surface area contributed by atoms with Crippen LogP contribution >= 0.6 is 0 Å². The van der Waals surface area contributed by atoms with Crippen molar-refractivity contribution in [3.63, 3.8) is 0 Å². The van der Waals surface area contributed by atoms with E-state index in [2.05, 4.69) is 17.1 Å². The number of nitrogens with zero attached hydrogens (tertiary/aromatic N) is 2. The van der Waals surface area contributed by atoms with Gasteiger partial charge in [0.25, 0.3) is 0 Å². The number of piperidine rings is 1. The summed E-state index contributed by atoms with van der Waals surface area (Å²) in [5.74, 6) is 0.303. The van der Waals surface area contributed by atoms with E-state index < -0.39 is 0 Å². The van der Waals surface area contributed by atoms with Crippen LogP contribution in [0.3, 0.4) is 0 Å². The Hall–Kier alpha value is -0.610. The molecule has 98 valence electrons. The number of nitrogens with one attached hydrogen (secondary N) is 1. The van der Waals surface area contributed by atoms with Crippen molar-refractivity contribution in [3.05, 3.63) is 0 Å². The number of likely N-dealkylation sites (tertiary alicyclic amines) is 1. The van der Waals surface area contributed by atoms with E-state index in [4.69, 9.17) is 0 Å². The van der Waals surface area contributed by atoms with Crippen LogP contribution in [0.1, 0.15) is 32.6 Å². The normalized spacial score (nSPS) is 27.3. The van der Waals surface area contributed by atoms with Gasteiger partial charge in [0, 0.05) is 26.2 Å². The Kier molecular flexibility index (Phi) is 4.40. The van der Waals surface area contributed by atoms with Gasteiger partial charge in [0.2, 0.25) is 5.91 Å². The lowest BCUT2D eigenvalue weighted by Gasteiger charge is -2.37. The molecular weight excluding hydrogens is 214 g/mol. The summed E-state index contributed by atoms with van der Waals surface area (Å²) in [6.07, 6.45) is 4.40. The van der Waals surface area contributed by atoms with Gasteiger partial charge in [0.05, 0.1) is 6.04 Å². The van der Waals surface area contributed by atoms with Crippen molar-refractivity contribution in [3.8, 4) is 0 Å². The summed E-state index contributed by atoms with van der Waals surface area (Å²) in [4.78, 5) is 16.7. The van der Waals surface area contributed by atoms with E-state index in [1.54, 1.807) is 0 Å². The largest absolute Gasteiger partial charge is 0.341 e. The van der Waals surface area contributed by atoms with Gasteiger partial charge in [0.1, 0.15) is 0 Å². The highest BCUT2D eigenvalue weighted by molar-refractivity contribution is 5.82. The van der Waals surface area contributed by atoms with Crippen LogP contribution in [0.2, 0.25) is 0 Å². The van der Waals surface area contributed by atoms with Crippen molar-refractivity contribution in [2.45, 2.75) is 44.7 Å². The monoisotopic (exact) mass is 239 g/mol. The first-order valence-electron chi connectivity index (χ1n) is 6.94. The molecule has 17 heavy (non-hydrogen) atoms. The van der Waals surface area contributed by atoms with Crippen LogP contribution in [0.25, 0.3) is 0 Å². The highest BCUT2D eigenvalue weighted by Crippen LogP contribution is 2.17. The third-order valence-electron chi connectivity index (χ3n) is 4.26. The molecule has 1 amide bonds. The summed E-state index contributed by atoms with van der Waals surface area (Å²) in [7, 11) is 1.98. The summed E-state index contributed by atoms with van der Waals surface area (Å²) >= 11 is 0. The number of likely N-dealkylation sites (N-methyl/N-ethyl adjacent to an activating group) is 1. The lowest BCUT2D eigenvalue weighted by atomic mass is 10.0. The molecule has 0 bridgehead atoms. The molecule has 1 atom stereocenters. The summed E-state index contributed by atoms with van der Waals surface area (Å²) in [6, 6.07) is 0.539. The number of amides is 1. The fourth-order valence-electron chi connectivity index (χ4n) is 2.94. The number of hydrogen-bond acceptors (Lipinski definition) is 3. The molecule has 0 aromatic rings. The van der Waals surface area contributed by atoms with Crippen molar-refractivity contribution in [2.24, 2.45) is 0 Å². The SMILES string of the molecule is CCN1CCC(N(C)C(=O)C2CCCN2)CC1. The molecule has 0 radical (unpaired) electrons. The van der Waals surface area contributed by atoms with Gasteiger partial charge in [-0.25, -0.2) is 0 Å². The van der Waals surface area contributed by atoms with Gasteiger partial charge < -0.3 is 15.1 Å². The smallest absolute Gasteiger partial charge is 0.239 e. The predicted molar refractivity (Wildman–Crippen MR) is 68.9 cm³/mol. The van der Waals surface area contributed by atoms with Gasteiger partial charge in [0.15, 0.2) is 0 Å². The molecule has 0 spiro atoms. The maximum atomic E-state index is 12.2. The molecule has 2 saturated heterocycles. The minimum absolute atomic E-state index is 0.0872. The van der Waals surface area contributed by atoms with Crippen molar-refractivity contribution < 1.29 is 4.79 Å². The van der Waals surface area contributed by atoms with E-state index in [-0.39, 0.29) is 6.04 Å². The predicted octanol–water partition coefficient (Wildman–Crippen LogP) is 0.681. The maximum absolute atomic E-state index is 12.2. The Morgan fingerprint density at radius 1 is 1.35 bits per heavy atom. The zero-order valence-electron chi connectivity index (χ0n) is 11.1. The second-order valence-corrected chi connectivity index (χ2v) is 5.26. The molecule has 2 aliphatic heterocycles. The van der Waals surface area contributed by atoms with E-state index in [9.17, 15) is 4.79 Å². The zero-order valence-corrected chi connectivity index (χ0v) is 11.1. The van der Waals surface area contributed by atoms with Crippen LogP contribution in [-0.4, -0.2) is 61.0 Å². The molecule has 0 aliphatic carbocycles. The first kappa shape index (κ1) is 12.8. The number of carbonyl (C=O) groups excluding carboxylic acids is 1. The van der Waals surface area contributed by atoms with Crippen LogP contribution in [0.4, 0.5) is 0 Å². The Morgan fingerprint density at radius 3 is 2.59 bits per heavy atom. The minimum atomic E-state index is 0.0872. The van der Waals surface area contributed by atoms with Crippen molar-refractivity contribution in [1.29, 1.82) is 0 Å². The number of hydrogen-bond donors (Lipinski definition) is 1. The third-order valence-corrected chi connectivity index (χ3v) is 4.26. The summed E-state index contributed by atoms with van der Waals surface area (Å²) in [5.41, 5.74) is 0. The van der Waals surface area contributed by atoms with Crippen molar-refractivity contribution in [1.82, 2.24) is 15.1 Å². The summed E-state index contributed by atoms with van der Waals surface area (Å²) in [5, 5.41) is 3.29. The van der Waals surface area contributed by atoms with E-state index in [1.807, 2.05) is 11.9 Å². The van der Waals surface area contributed by atoms with Crippen LogP contribution < -0.4 is 5.32 Å². The second-order valence-electron chi connectivity index (χ2n) is 5.26. The van der Waals surface area contributed by atoms with E-state index in [0.29, 0.717) is 11.9 Å². The van der Waals surface area contributed by atoms with E-state index >= 15 is 0 Å². The van der Waals surface area contributed by atoms with E-state index in [1.165, 1.54) is 0 Å². The fraction of sp³-hybridized carbons (Fsp3) is 0.923. The van der Waals surface area contributed by atoms with Gasteiger partial charge in [-0.3, -0.25) is 4.79 Å². The third kappa shape index (κ3) is 2.99. The molecule has 2 rings (SSSR count).